The maximum Gasteiger partial charge on any atom is 0.119 e. The molecular formula is C17H19NO2. The summed E-state index contributed by atoms with van der Waals surface area (Å²) in [5.41, 5.74) is 10.7. The molecule has 0 bridgehead atoms. The van der Waals surface area contributed by atoms with Crippen LogP contribution in [0, 0.1) is 0 Å². The molecule has 20 heavy (non-hydrogen) atoms. The monoisotopic (exact) mass is 269 g/mol. The molecule has 3 nitrogen and oxygen atoms in total. The van der Waals surface area contributed by atoms with E-state index in [2.05, 4.69) is 0 Å². The molecule has 3 rings (SSSR count). The lowest BCUT2D eigenvalue weighted by Crippen LogP contribution is -2.14. The molecule has 0 spiro atoms. The van der Waals surface area contributed by atoms with Crippen LogP contribution in [-0.2, 0) is 12.8 Å². The van der Waals surface area contributed by atoms with E-state index in [4.69, 9.17) is 10.5 Å². The molecular weight excluding hydrogens is 250 g/mol. The molecule has 3 heteroatoms. The van der Waals surface area contributed by atoms with Crippen LogP contribution in [0.25, 0.3) is 0 Å². The Kier molecular flexibility index (Phi) is 3.26. The first-order chi connectivity index (χ1) is 9.67. The van der Waals surface area contributed by atoms with E-state index in [1.54, 1.807) is 13.2 Å². The molecule has 104 valence electrons. The average Bonchev–Trinajstić information content (AvgIpc) is 2.47. The maximum absolute atomic E-state index is 9.55. The van der Waals surface area contributed by atoms with E-state index in [-0.39, 0.29) is 0 Å². The van der Waals surface area contributed by atoms with E-state index < -0.39 is 0 Å². The molecule has 1 unspecified atom stereocenters. The van der Waals surface area contributed by atoms with Crippen LogP contribution in [0.3, 0.4) is 0 Å². The van der Waals surface area contributed by atoms with E-state index in [1.807, 2.05) is 30.3 Å². The average molecular weight is 269 g/mol. The predicted molar refractivity (Wildman–Crippen MR) is 80.3 cm³/mol. The number of fused-ring (bicyclic) bond motifs is 1. The van der Waals surface area contributed by atoms with Gasteiger partial charge in [0, 0.05) is 5.69 Å². The van der Waals surface area contributed by atoms with Crippen molar-refractivity contribution in [2.45, 2.75) is 25.2 Å². The molecule has 2 aromatic rings. The van der Waals surface area contributed by atoms with E-state index in [0.717, 1.165) is 30.7 Å². The highest BCUT2D eigenvalue weighted by atomic mass is 16.5. The fraction of sp³-hybridized carbons (Fsp3) is 0.294. The van der Waals surface area contributed by atoms with Crippen LogP contribution < -0.4 is 10.5 Å². The number of aryl methyl sites for hydroxylation is 1. The summed E-state index contributed by atoms with van der Waals surface area (Å²) in [6, 6.07) is 11.5. The second kappa shape index (κ2) is 5.08. The Hall–Kier alpha value is -2.16. The predicted octanol–water partition coefficient (Wildman–Crippen LogP) is 3.26. The topological polar surface area (TPSA) is 55.5 Å². The molecule has 0 radical (unpaired) electrons. The molecule has 0 fully saturated rings. The van der Waals surface area contributed by atoms with Crippen molar-refractivity contribution >= 4 is 5.69 Å². The highest BCUT2D eigenvalue weighted by molar-refractivity contribution is 5.53. The second-order valence-corrected chi connectivity index (χ2v) is 5.39. The van der Waals surface area contributed by atoms with Crippen molar-refractivity contribution in [3.8, 4) is 11.5 Å². The van der Waals surface area contributed by atoms with Gasteiger partial charge in [0.15, 0.2) is 0 Å². The second-order valence-electron chi connectivity index (χ2n) is 5.39. The van der Waals surface area contributed by atoms with Crippen molar-refractivity contribution in [3.63, 3.8) is 0 Å². The summed E-state index contributed by atoms with van der Waals surface area (Å²) in [4.78, 5) is 0. The van der Waals surface area contributed by atoms with Crippen molar-refractivity contribution in [2.75, 3.05) is 12.8 Å². The third-order valence-electron chi connectivity index (χ3n) is 4.15. The lowest BCUT2D eigenvalue weighted by molar-refractivity contribution is 0.413. The Labute approximate surface area is 119 Å². The summed E-state index contributed by atoms with van der Waals surface area (Å²) in [6.07, 6.45) is 2.99. The van der Waals surface area contributed by atoms with Gasteiger partial charge in [-0.05, 0) is 72.2 Å². The number of benzene rings is 2. The van der Waals surface area contributed by atoms with E-state index in [1.165, 1.54) is 16.7 Å². The van der Waals surface area contributed by atoms with Gasteiger partial charge in [0.05, 0.1) is 7.11 Å². The normalized spacial score (nSPS) is 17.6. The van der Waals surface area contributed by atoms with Crippen molar-refractivity contribution in [1.29, 1.82) is 0 Å². The summed E-state index contributed by atoms with van der Waals surface area (Å²) in [6.45, 7) is 0. The van der Waals surface area contributed by atoms with E-state index >= 15 is 0 Å². The lowest BCUT2D eigenvalue weighted by Gasteiger charge is -2.26. The standard InChI is InChI=1S/C17H19NO2/c1-20-15-6-7-17(18)16(10-15)13-3-2-12-9-14(19)5-4-11(12)8-13/h4-7,9-10,13,19H,2-3,8,18H2,1H3. The van der Waals surface area contributed by atoms with Crippen molar-refractivity contribution in [2.24, 2.45) is 0 Å². The summed E-state index contributed by atoms with van der Waals surface area (Å²) in [5.74, 6) is 1.62. The molecule has 0 saturated heterocycles. The van der Waals surface area contributed by atoms with Gasteiger partial charge in [-0.25, -0.2) is 0 Å². The van der Waals surface area contributed by atoms with Crippen LogP contribution in [-0.4, -0.2) is 12.2 Å². The Morgan fingerprint density at radius 1 is 1.15 bits per heavy atom. The number of nitrogens with two attached hydrogens (primary N) is 1. The third-order valence-corrected chi connectivity index (χ3v) is 4.15. The minimum absolute atomic E-state index is 0.350. The molecule has 1 aliphatic rings. The van der Waals surface area contributed by atoms with Crippen LogP contribution in [0.5, 0.6) is 11.5 Å². The van der Waals surface area contributed by atoms with Crippen LogP contribution in [0.15, 0.2) is 36.4 Å². The molecule has 0 saturated carbocycles. The molecule has 0 amide bonds. The van der Waals surface area contributed by atoms with Gasteiger partial charge >= 0.3 is 0 Å². The Morgan fingerprint density at radius 3 is 2.80 bits per heavy atom. The number of methoxy groups -OCH3 is 1. The number of rotatable bonds is 2. The molecule has 0 heterocycles. The van der Waals surface area contributed by atoms with Crippen molar-refractivity contribution in [1.82, 2.24) is 0 Å². The number of anilines is 1. The zero-order valence-electron chi connectivity index (χ0n) is 11.6. The zero-order chi connectivity index (χ0) is 14.1. The fourth-order valence-electron chi connectivity index (χ4n) is 3.04. The number of ether oxygens (including phenoxy) is 1. The van der Waals surface area contributed by atoms with E-state index in [0.29, 0.717) is 11.7 Å². The highest BCUT2D eigenvalue weighted by Gasteiger charge is 2.22. The first-order valence-electron chi connectivity index (χ1n) is 6.91. The van der Waals surface area contributed by atoms with Gasteiger partial charge in [0.2, 0.25) is 0 Å². The van der Waals surface area contributed by atoms with Crippen molar-refractivity contribution < 1.29 is 9.84 Å². The van der Waals surface area contributed by atoms with Crippen molar-refractivity contribution in [3.05, 3.63) is 53.1 Å². The van der Waals surface area contributed by atoms with Crippen LogP contribution in [0.4, 0.5) is 5.69 Å². The van der Waals surface area contributed by atoms with E-state index in [9.17, 15) is 5.11 Å². The molecule has 0 aliphatic heterocycles. The Morgan fingerprint density at radius 2 is 2.00 bits per heavy atom. The maximum atomic E-state index is 9.55. The number of hydrogen-bond acceptors (Lipinski definition) is 3. The SMILES string of the molecule is COc1ccc(N)c(C2CCc3cc(O)ccc3C2)c1. The van der Waals surface area contributed by atoms with Gasteiger partial charge in [0.1, 0.15) is 11.5 Å². The molecule has 1 atom stereocenters. The number of hydrogen-bond donors (Lipinski definition) is 2. The smallest absolute Gasteiger partial charge is 0.119 e. The van der Waals surface area contributed by atoms with Gasteiger partial charge in [0.25, 0.3) is 0 Å². The molecule has 3 N–H and O–H groups in total. The van der Waals surface area contributed by atoms with Crippen LogP contribution >= 0.6 is 0 Å². The first-order valence-corrected chi connectivity index (χ1v) is 6.91. The van der Waals surface area contributed by atoms with Gasteiger partial charge in [-0.15, -0.1) is 0 Å². The number of phenolic OH excluding ortho intramolecular Hbond substituents is 1. The summed E-state index contributed by atoms with van der Waals surface area (Å²) in [5, 5.41) is 9.55. The van der Waals surface area contributed by atoms with Gasteiger partial charge in [-0.3, -0.25) is 0 Å². The summed E-state index contributed by atoms with van der Waals surface area (Å²) >= 11 is 0. The molecule has 2 aromatic carbocycles. The van der Waals surface area contributed by atoms with Crippen LogP contribution in [0.2, 0.25) is 0 Å². The zero-order valence-corrected chi connectivity index (χ0v) is 11.6. The van der Waals surface area contributed by atoms with Gasteiger partial charge in [-0.2, -0.15) is 0 Å². The van der Waals surface area contributed by atoms with Crippen LogP contribution in [0.1, 0.15) is 29.0 Å². The van der Waals surface area contributed by atoms with Gasteiger partial charge < -0.3 is 15.6 Å². The Balaban J connectivity index is 1.92. The highest BCUT2D eigenvalue weighted by Crippen LogP contribution is 2.37. The number of nitrogen functional groups attached to an aromatic ring is 1. The van der Waals surface area contributed by atoms with Gasteiger partial charge in [-0.1, -0.05) is 6.07 Å². The quantitative estimate of drug-likeness (QED) is 0.823. The number of phenols is 1. The summed E-state index contributed by atoms with van der Waals surface area (Å²) in [7, 11) is 1.67. The lowest BCUT2D eigenvalue weighted by atomic mass is 9.79. The fourth-order valence-corrected chi connectivity index (χ4v) is 3.04. The summed E-state index contributed by atoms with van der Waals surface area (Å²) < 4.78 is 5.30. The largest absolute Gasteiger partial charge is 0.508 e. The minimum Gasteiger partial charge on any atom is -0.508 e. The minimum atomic E-state index is 0.350. The number of aromatic hydroxyl groups is 1. The molecule has 0 aromatic heterocycles. The first kappa shape index (κ1) is 12.9. The Bertz CT molecular complexity index is 637. The third kappa shape index (κ3) is 2.31. The molecule has 1 aliphatic carbocycles.